The van der Waals surface area contributed by atoms with Gasteiger partial charge >= 0.3 is 0 Å². The molecule has 0 aliphatic heterocycles. The summed E-state index contributed by atoms with van der Waals surface area (Å²) in [6.07, 6.45) is 6.28. The Bertz CT molecular complexity index is 418. The normalized spacial score (nSPS) is 7.38. The summed E-state index contributed by atoms with van der Waals surface area (Å²) in [6.45, 7) is 17.5. The third-order valence-electron chi connectivity index (χ3n) is 1.58. The van der Waals surface area contributed by atoms with Crippen LogP contribution in [0.1, 0.15) is 58.3 Å². The number of aromatic nitrogens is 4. The molecule has 0 aliphatic rings. The Morgan fingerprint density at radius 2 is 1.42 bits per heavy atom. The van der Waals surface area contributed by atoms with Gasteiger partial charge in [0.25, 0.3) is 0 Å². The van der Waals surface area contributed by atoms with Crippen molar-refractivity contribution in [2.24, 2.45) is 0 Å². The molecular weight excluding hydrogens is 324 g/mol. The molecule has 0 atom stereocenters. The maximum absolute atomic E-state index is 4.72. The summed E-state index contributed by atoms with van der Waals surface area (Å²) in [4.78, 5) is 7.69. The summed E-state index contributed by atoms with van der Waals surface area (Å²) in [5.74, 6) is 1.32. The number of oxazole rings is 1. The third kappa shape index (κ3) is 20.0. The number of nitrogens with zero attached hydrogens (tertiary/aromatic N) is 4. The summed E-state index contributed by atoms with van der Waals surface area (Å²) >= 11 is 1.67. The summed E-state index contributed by atoms with van der Waals surface area (Å²) < 4.78 is 9.33. The van der Waals surface area contributed by atoms with Crippen LogP contribution in [0.15, 0.2) is 39.3 Å². The first-order valence-electron chi connectivity index (χ1n) is 8.13. The molecule has 0 aliphatic carbocycles. The zero-order valence-corrected chi connectivity index (χ0v) is 17.2. The zero-order valence-electron chi connectivity index (χ0n) is 16.4. The average molecular weight is 357 g/mol. The van der Waals surface area contributed by atoms with Gasteiger partial charge in [-0.2, -0.15) is 0 Å². The molecule has 0 N–H and O–H groups in total. The van der Waals surface area contributed by atoms with E-state index in [2.05, 4.69) is 24.6 Å². The second-order valence-electron chi connectivity index (χ2n) is 3.06. The van der Waals surface area contributed by atoms with Gasteiger partial charge < -0.3 is 8.83 Å². The Morgan fingerprint density at radius 3 is 1.54 bits per heavy atom. The van der Waals surface area contributed by atoms with Crippen LogP contribution in [-0.2, 0) is 0 Å². The van der Waals surface area contributed by atoms with Crippen LogP contribution in [0.3, 0.4) is 0 Å². The van der Waals surface area contributed by atoms with Crippen LogP contribution in [0.4, 0.5) is 0 Å². The SMILES string of the molecule is CC.CC.CC.Cc1ncco1.Cc1nccs1.Cc1nnco1. The van der Waals surface area contributed by atoms with E-state index in [1.807, 2.05) is 53.8 Å². The van der Waals surface area contributed by atoms with Gasteiger partial charge in [0.05, 0.1) is 11.2 Å². The van der Waals surface area contributed by atoms with E-state index in [1.54, 1.807) is 43.8 Å². The Kier molecular flexibility index (Phi) is 26.0. The van der Waals surface area contributed by atoms with Gasteiger partial charge in [0.2, 0.25) is 12.3 Å². The van der Waals surface area contributed by atoms with Gasteiger partial charge in [-0.3, -0.25) is 4.98 Å². The van der Waals surface area contributed by atoms with Crippen LogP contribution < -0.4 is 0 Å². The number of aryl methyl sites for hydroxylation is 3. The van der Waals surface area contributed by atoms with E-state index in [1.165, 1.54) is 6.39 Å². The van der Waals surface area contributed by atoms with E-state index >= 15 is 0 Å². The smallest absolute Gasteiger partial charge is 0.213 e. The standard InChI is InChI=1S/C4H5NO.C4H5NS.C3H4N2O.3C2H6/c2*1-4-5-2-3-6-4;1-3-5-4-2-6-3;3*1-2/h2*2-3H,1H3;2H,1H3;3*1-2H3. The van der Waals surface area contributed by atoms with Crippen LogP contribution in [-0.4, -0.2) is 20.2 Å². The van der Waals surface area contributed by atoms with Gasteiger partial charge in [-0.05, 0) is 6.92 Å². The van der Waals surface area contributed by atoms with Gasteiger partial charge in [-0.15, -0.1) is 21.5 Å². The quantitative estimate of drug-likeness (QED) is 0.499. The summed E-state index contributed by atoms with van der Waals surface area (Å²) in [7, 11) is 0. The molecule has 7 heteroatoms. The topological polar surface area (TPSA) is 77.8 Å². The van der Waals surface area contributed by atoms with Gasteiger partial charge in [0, 0.05) is 25.4 Å². The van der Waals surface area contributed by atoms with Gasteiger partial charge in [0.1, 0.15) is 6.26 Å². The lowest BCUT2D eigenvalue weighted by Crippen LogP contribution is -1.65. The van der Waals surface area contributed by atoms with Crippen molar-refractivity contribution in [2.45, 2.75) is 62.3 Å². The molecule has 0 amide bonds. The molecule has 138 valence electrons. The average Bonchev–Trinajstić information content (AvgIpc) is 3.40. The summed E-state index contributed by atoms with van der Waals surface area (Å²) in [5.41, 5.74) is 0. The fraction of sp³-hybridized carbons (Fsp3) is 0.529. The molecule has 0 bridgehead atoms. The highest BCUT2D eigenvalue weighted by atomic mass is 32.1. The highest BCUT2D eigenvalue weighted by Gasteiger charge is 1.79. The van der Waals surface area contributed by atoms with E-state index in [0.29, 0.717) is 5.89 Å². The Morgan fingerprint density at radius 1 is 0.792 bits per heavy atom. The van der Waals surface area contributed by atoms with Crippen molar-refractivity contribution in [1.82, 2.24) is 20.2 Å². The van der Waals surface area contributed by atoms with Crippen molar-refractivity contribution in [3.05, 3.63) is 47.2 Å². The fourth-order valence-corrected chi connectivity index (χ4v) is 1.26. The first-order chi connectivity index (χ1) is 11.7. The van der Waals surface area contributed by atoms with Crippen molar-refractivity contribution >= 4 is 11.3 Å². The molecule has 6 nitrogen and oxygen atoms in total. The Hall–Kier alpha value is -2.02. The van der Waals surface area contributed by atoms with E-state index in [9.17, 15) is 0 Å². The molecule has 24 heavy (non-hydrogen) atoms. The van der Waals surface area contributed by atoms with E-state index in [4.69, 9.17) is 4.42 Å². The van der Waals surface area contributed by atoms with Gasteiger partial charge in [-0.25, -0.2) is 4.98 Å². The van der Waals surface area contributed by atoms with Crippen molar-refractivity contribution in [1.29, 1.82) is 0 Å². The predicted octanol–water partition coefficient (Wildman–Crippen LogP) is 5.89. The van der Waals surface area contributed by atoms with Gasteiger partial charge in [-0.1, -0.05) is 41.5 Å². The second-order valence-corrected chi connectivity index (χ2v) is 4.16. The first kappa shape index (κ1) is 26.9. The highest BCUT2D eigenvalue weighted by Crippen LogP contribution is 1.98. The largest absolute Gasteiger partial charge is 0.449 e. The Labute approximate surface area is 150 Å². The number of hydrogen-bond donors (Lipinski definition) is 0. The second kappa shape index (κ2) is 23.2. The number of hydrogen-bond acceptors (Lipinski definition) is 7. The van der Waals surface area contributed by atoms with Crippen LogP contribution in [0.25, 0.3) is 0 Å². The first-order valence-corrected chi connectivity index (χ1v) is 9.01. The molecular formula is C17H32N4O2S. The number of thiazole rings is 1. The van der Waals surface area contributed by atoms with Crippen molar-refractivity contribution < 1.29 is 8.83 Å². The monoisotopic (exact) mass is 356 g/mol. The van der Waals surface area contributed by atoms with Gasteiger partial charge in [0.15, 0.2) is 5.89 Å². The highest BCUT2D eigenvalue weighted by molar-refractivity contribution is 7.09. The number of rotatable bonds is 0. The van der Waals surface area contributed by atoms with E-state index < -0.39 is 0 Å². The van der Waals surface area contributed by atoms with E-state index in [0.717, 1.165) is 10.9 Å². The molecule has 0 saturated heterocycles. The van der Waals surface area contributed by atoms with Crippen molar-refractivity contribution in [2.75, 3.05) is 0 Å². The third-order valence-corrected chi connectivity index (χ3v) is 2.28. The van der Waals surface area contributed by atoms with Crippen LogP contribution in [0.2, 0.25) is 0 Å². The molecule has 3 aromatic rings. The van der Waals surface area contributed by atoms with Crippen molar-refractivity contribution in [3.8, 4) is 0 Å². The van der Waals surface area contributed by atoms with Crippen LogP contribution in [0, 0.1) is 20.8 Å². The van der Waals surface area contributed by atoms with Crippen LogP contribution >= 0.6 is 11.3 Å². The van der Waals surface area contributed by atoms with Crippen LogP contribution in [0.5, 0.6) is 0 Å². The lowest BCUT2D eigenvalue weighted by atomic mass is 10.8. The lowest BCUT2D eigenvalue weighted by molar-refractivity contribution is 0.518. The molecule has 3 heterocycles. The summed E-state index contributed by atoms with van der Waals surface area (Å²) in [5, 5.41) is 10.0. The molecule has 0 fully saturated rings. The molecule has 0 spiro atoms. The fourth-order valence-electron chi connectivity index (χ4n) is 0.818. The maximum atomic E-state index is 4.72. The Balaban J connectivity index is -0.000000239. The molecule has 3 rings (SSSR count). The molecule has 3 aromatic heterocycles. The minimum absolute atomic E-state index is 0.606. The lowest BCUT2D eigenvalue weighted by Gasteiger charge is -1.67. The zero-order chi connectivity index (χ0) is 19.2. The predicted molar refractivity (Wildman–Crippen MR) is 101 cm³/mol. The molecule has 0 radical (unpaired) electrons. The van der Waals surface area contributed by atoms with E-state index in [-0.39, 0.29) is 0 Å². The molecule has 0 saturated carbocycles. The summed E-state index contributed by atoms with van der Waals surface area (Å²) in [6, 6.07) is 0. The minimum atomic E-state index is 0.606. The molecule has 0 unspecified atom stereocenters. The van der Waals surface area contributed by atoms with Crippen molar-refractivity contribution in [3.63, 3.8) is 0 Å². The molecule has 0 aromatic carbocycles. The minimum Gasteiger partial charge on any atom is -0.449 e. The maximum Gasteiger partial charge on any atom is 0.213 e.